The molecule has 1 aliphatic rings. The molecule has 2 aromatic heterocycles. The van der Waals surface area contributed by atoms with Crippen molar-refractivity contribution in [3.8, 4) is 39.9 Å². The highest BCUT2D eigenvalue weighted by atomic mass is 16.5. The van der Waals surface area contributed by atoms with E-state index in [1.54, 1.807) is 19.4 Å². The zero-order valence-corrected chi connectivity index (χ0v) is 19.2. The van der Waals surface area contributed by atoms with Crippen molar-refractivity contribution < 1.29 is 14.6 Å². The predicted octanol–water partition coefficient (Wildman–Crippen LogP) is 4.61. The lowest BCUT2D eigenvalue weighted by atomic mass is 9.81. The molecule has 0 saturated carbocycles. The molecule has 1 saturated heterocycles. The van der Waals surface area contributed by atoms with E-state index in [2.05, 4.69) is 48.2 Å². The smallest absolute Gasteiger partial charge is 0.233 e. The number of benzene rings is 1. The standard InChI is InChI=1S/C25H30N4O3/c1-24(2)14-18(15-25(3,4)29-24)32-22-9-8-20(27-28-22)19-7-6-16(12-21(19)30)17-10-11-26-23(13-17)31-5/h6-13,18,29-30H,14-15H2,1-5H3. The van der Waals surface area contributed by atoms with Gasteiger partial charge in [0.05, 0.1) is 12.8 Å². The molecular formula is C25H30N4O3. The molecular weight excluding hydrogens is 404 g/mol. The SMILES string of the molecule is COc1cc(-c2ccc(-c3ccc(OC4CC(C)(C)NC(C)(C)C4)nn3)c(O)c2)ccn1. The van der Waals surface area contributed by atoms with Gasteiger partial charge in [0.15, 0.2) is 0 Å². The molecule has 0 atom stereocenters. The average Bonchev–Trinajstić information content (AvgIpc) is 2.72. The van der Waals surface area contributed by atoms with Gasteiger partial charge in [-0.2, -0.15) is 0 Å². The third-order valence-electron chi connectivity index (χ3n) is 5.63. The molecule has 2 N–H and O–H groups in total. The number of aromatic nitrogens is 3. The van der Waals surface area contributed by atoms with Crippen LogP contribution in [0.25, 0.3) is 22.4 Å². The zero-order valence-electron chi connectivity index (χ0n) is 19.2. The zero-order chi connectivity index (χ0) is 22.9. The summed E-state index contributed by atoms with van der Waals surface area (Å²) in [5, 5.41) is 22.8. The molecule has 32 heavy (non-hydrogen) atoms. The lowest BCUT2D eigenvalue weighted by Gasteiger charge is -2.46. The molecule has 7 heteroatoms. The number of rotatable bonds is 5. The Morgan fingerprint density at radius 2 is 1.62 bits per heavy atom. The van der Waals surface area contributed by atoms with Crippen LogP contribution in [-0.2, 0) is 0 Å². The van der Waals surface area contributed by atoms with Crippen molar-refractivity contribution in [3.05, 3.63) is 48.7 Å². The van der Waals surface area contributed by atoms with E-state index in [9.17, 15) is 5.11 Å². The van der Waals surface area contributed by atoms with E-state index in [1.807, 2.05) is 36.4 Å². The fourth-order valence-electron chi connectivity index (χ4n) is 4.64. The molecule has 1 aliphatic heterocycles. The molecule has 3 aromatic rings. The largest absolute Gasteiger partial charge is 0.507 e. The van der Waals surface area contributed by atoms with Crippen molar-refractivity contribution in [1.29, 1.82) is 0 Å². The Morgan fingerprint density at radius 1 is 0.906 bits per heavy atom. The van der Waals surface area contributed by atoms with Gasteiger partial charge in [0.25, 0.3) is 0 Å². The van der Waals surface area contributed by atoms with Crippen LogP contribution in [0.5, 0.6) is 17.5 Å². The molecule has 1 aromatic carbocycles. The maximum absolute atomic E-state index is 10.6. The number of nitrogens with zero attached hydrogens (tertiary/aromatic N) is 3. The van der Waals surface area contributed by atoms with E-state index in [1.165, 1.54) is 0 Å². The Hall–Kier alpha value is -3.19. The van der Waals surface area contributed by atoms with Crippen LogP contribution in [0.15, 0.2) is 48.7 Å². The first kappa shape index (κ1) is 22.0. The van der Waals surface area contributed by atoms with Crippen LogP contribution >= 0.6 is 0 Å². The summed E-state index contributed by atoms with van der Waals surface area (Å²) in [7, 11) is 1.58. The average molecular weight is 435 g/mol. The molecule has 0 unspecified atom stereocenters. The van der Waals surface area contributed by atoms with Crippen LogP contribution in [0.3, 0.4) is 0 Å². The summed E-state index contributed by atoms with van der Waals surface area (Å²) in [5.74, 6) is 1.14. The third-order valence-corrected chi connectivity index (χ3v) is 5.63. The van der Waals surface area contributed by atoms with Crippen LogP contribution in [0.2, 0.25) is 0 Å². The summed E-state index contributed by atoms with van der Waals surface area (Å²) in [6.45, 7) is 8.75. The molecule has 0 radical (unpaired) electrons. The van der Waals surface area contributed by atoms with E-state index in [0.717, 1.165) is 24.0 Å². The minimum Gasteiger partial charge on any atom is -0.507 e. The normalized spacial score (nSPS) is 17.7. The van der Waals surface area contributed by atoms with E-state index < -0.39 is 0 Å². The minimum atomic E-state index is -0.00778. The number of aromatic hydroxyl groups is 1. The van der Waals surface area contributed by atoms with Crippen LogP contribution in [0.1, 0.15) is 40.5 Å². The molecule has 0 amide bonds. The molecule has 1 fully saturated rings. The summed E-state index contributed by atoms with van der Waals surface area (Å²) in [6, 6.07) is 12.8. The number of ether oxygens (including phenoxy) is 2. The number of phenolic OH excluding ortho intramolecular Hbond substituents is 1. The van der Waals surface area contributed by atoms with Gasteiger partial charge in [0, 0.05) is 47.8 Å². The van der Waals surface area contributed by atoms with Gasteiger partial charge in [-0.15, -0.1) is 10.2 Å². The monoisotopic (exact) mass is 434 g/mol. The molecule has 168 valence electrons. The van der Waals surface area contributed by atoms with Gasteiger partial charge < -0.3 is 19.9 Å². The number of phenols is 1. The first-order valence-electron chi connectivity index (χ1n) is 10.8. The topological polar surface area (TPSA) is 89.4 Å². The summed E-state index contributed by atoms with van der Waals surface area (Å²) < 4.78 is 11.3. The Labute approximate surface area is 188 Å². The minimum absolute atomic E-state index is 0.00778. The fourth-order valence-corrected chi connectivity index (χ4v) is 4.64. The summed E-state index contributed by atoms with van der Waals surface area (Å²) in [6.07, 6.45) is 3.52. The number of hydrogen-bond donors (Lipinski definition) is 2. The summed E-state index contributed by atoms with van der Waals surface area (Å²) >= 11 is 0. The van der Waals surface area contributed by atoms with E-state index >= 15 is 0 Å². The van der Waals surface area contributed by atoms with Gasteiger partial charge in [0.1, 0.15) is 11.9 Å². The quantitative estimate of drug-likeness (QED) is 0.606. The summed E-state index contributed by atoms with van der Waals surface area (Å²) in [4.78, 5) is 4.12. The number of piperidine rings is 1. The number of pyridine rings is 1. The lowest BCUT2D eigenvalue weighted by Crippen LogP contribution is -2.60. The van der Waals surface area contributed by atoms with Crippen molar-refractivity contribution in [2.24, 2.45) is 0 Å². The van der Waals surface area contributed by atoms with Crippen LogP contribution in [0, 0.1) is 0 Å². The van der Waals surface area contributed by atoms with Crippen LogP contribution in [-0.4, -0.2) is 44.6 Å². The Kier molecular flexibility index (Phi) is 5.77. The van der Waals surface area contributed by atoms with Gasteiger partial charge >= 0.3 is 0 Å². The lowest BCUT2D eigenvalue weighted by molar-refractivity contribution is 0.0524. The Morgan fingerprint density at radius 3 is 2.25 bits per heavy atom. The van der Waals surface area contributed by atoms with Gasteiger partial charge in [0.2, 0.25) is 11.8 Å². The number of methoxy groups -OCH3 is 1. The highest BCUT2D eigenvalue weighted by Gasteiger charge is 2.38. The van der Waals surface area contributed by atoms with Crippen molar-refractivity contribution in [1.82, 2.24) is 20.5 Å². The van der Waals surface area contributed by atoms with E-state index in [4.69, 9.17) is 9.47 Å². The number of hydrogen-bond acceptors (Lipinski definition) is 7. The van der Waals surface area contributed by atoms with Crippen LogP contribution in [0.4, 0.5) is 0 Å². The third kappa shape index (κ3) is 4.99. The van der Waals surface area contributed by atoms with Crippen molar-refractivity contribution in [2.45, 2.75) is 57.7 Å². The second-order valence-electron chi connectivity index (χ2n) is 9.62. The number of nitrogens with one attached hydrogen (secondary N) is 1. The first-order chi connectivity index (χ1) is 15.1. The van der Waals surface area contributed by atoms with Gasteiger partial charge in [-0.1, -0.05) is 6.07 Å². The highest BCUT2D eigenvalue weighted by Crippen LogP contribution is 2.34. The van der Waals surface area contributed by atoms with Gasteiger partial charge in [-0.05, 0) is 63.1 Å². The van der Waals surface area contributed by atoms with Crippen molar-refractivity contribution in [3.63, 3.8) is 0 Å². The molecule has 0 bridgehead atoms. The highest BCUT2D eigenvalue weighted by molar-refractivity contribution is 5.74. The van der Waals surface area contributed by atoms with E-state index in [-0.39, 0.29) is 22.9 Å². The first-order valence-corrected chi connectivity index (χ1v) is 10.8. The van der Waals surface area contributed by atoms with E-state index in [0.29, 0.717) is 23.0 Å². The Bertz CT molecular complexity index is 1080. The maximum atomic E-state index is 10.6. The van der Waals surface area contributed by atoms with Crippen molar-refractivity contribution >= 4 is 0 Å². The fraction of sp³-hybridized carbons (Fsp3) is 0.400. The molecule has 4 rings (SSSR count). The van der Waals surface area contributed by atoms with Gasteiger partial charge in [-0.3, -0.25) is 0 Å². The summed E-state index contributed by atoms with van der Waals surface area (Å²) in [5.41, 5.74) is 2.94. The van der Waals surface area contributed by atoms with Crippen molar-refractivity contribution in [2.75, 3.05) is 7.11 Å². The second-order valence-corrected chi connectivity index (χ2v) is 9.62. The van der Waals surface area contributed by atoms with Gasteiger partial charge in [-0.25, -0.2) is 4.98 Å². The molecule has 7 nitrogen and oxygen atoms in total. The maximum Gasteiger partial charge on any atom is 0.233 e. The molecule has 3 heterocycles. The second kappa shape index (κ2) is 8.39. The molecule has 0 spiro atoms. The Balaban J connectivity index is 1.50. The predicted molar refractivity (Wildman–Crippen MR) is 124 cm³/mol. The molecule has 0 aliphatic carbocycles. The van der Waals surface area contributed by atoms with Crippen LogP contribution < -0.4 is 14.8 Å².